The van der Waals surface area contributed by atoms with Gasteiger partial charge in [0.05, 0.1) is 5.69 Å². The molecule has 0 aliphatic carbocycles. The lowest BCUT2D eigenvalue weighted by Crippen LogP contribution is -2.45. The summed E-state index contributed by atoms with van der Waals surface area (Å²) in [6.07, 6.45) is 1.93. The molecular weight excluding hydrogens is 476 g/mol. The Bertz CT molecular complexity index is 1210. The molecule has 0 unspecified atom stereocenters. The van der Waals surface area contributed by atoms with E-state index in [0.29, 0.717) is 32.8 Å². The standard InChI is InChI=1S/C24H23ClN4O4S/c25-15-5-3-14(4-6-15)21-11-18(22(34-21)23(30)27-17-2-1-9-26-12-17)29-24(31)28-16-7-8-19-20(10-16)33-13-32-19/h3-8,10-11,17,26H,1-2,9,12-13H2,(H,27,30)(H2,28,29,31)/t17-/m0/s1. The van der Waals surface area contributed by atoms with E-state index < -0.39 is 6.03 Å². The third-order valence-corrected chi connectivity index (χ3v) is 7.01. The molecule has 3 aromatic rings. The Morgan fingerprint density at radius 1 is 1.03 bits per heavy atom. The van der Waals surface area contributed by atoms with E-state index in [9.17, 15) is 9.59 Å². The quantitative estimate of drug-likeness (QED) is 0.400. The third-order valence-electron chi connectivity index (χ3n) is 5.58. The van der Waals surface area contributed by atoms with Crippen molar-refractivity contribution in [2.24, 2.45) is 0 Å². The zero-order valence-corrected chi connectivity index (χ0v) is 19.7. The number of hydrogen-bond acceptors (Lipinski definition) is 6. The number of urea groups is 1. The van der Waals surface area contributed by atoms with Crippen molar-refractivity contribution >= 4 is 46.3 Å². The minimum absolute atomic E-state index is 0.0534. The Labute approximate surface area is 205 Å². The van der Waals surface area contributed by atoms with E-state index in [4.69, 9.17) is 21.1 Å². The van der Waals surface area contributed by atoms with Crippen LogP contribution in [0.2, 0.25) is 5.02 Å². The summed E-state index contributed by atoms with van der Waals surface area (Å²) in [5.41, 5.74) is 1.90. The predicted molar refractivity (Wildman–Crippen MR) is 133 cm³/mol. The summed E-state index contributed by atoms with van der Waals surface area (Å²) in [7, 11) is 0. The Morgan fingerprint density at radius 3 is 2.65 bits per heavy atom. The molecule has 1 atom stereocenters. The highest BCUT2D eigenvalue weighted by molar-refractivity contribution is 7.18. The summed E-state index contributed by atoms with van der Waals surface area (Å²) in [4.78, 5) is 27.2. The molecular formula is C24H23ClN4O4S. The summed E-state index contributed by atoms with van der Waals surface area (Å²) in [5, 5.41) is 12.6. The molecule has 0 spiro atoms. The van der Waals surface area contributed by atoms with E-state index in [1.807, 2.05) is 12.1 Å². The molecule has 0 saturated carbocycles. The molecule has 10 heteroatoms. The Hall–Kier alpha value is -3.27. The second kappa shape index (κ2) is 9.92. The number of hydrogen-bond donors (Lipinski definition) is 4. The highest BCUT2D eigenvalue weighted by Crippen LogP contribution is 2.36. The van der Waals surface area contributed by atoms with Gasteiger partial charge in [-0.2, -0.15) is 0 Å². The first kappa shape index (κ1) is 22.5. The molecule has 2 aliphatic heterocycles. The zero-order valence-electron chi connectivity index (χ0n) is 18.2. The number of rotatable bonds is 5. The van der Waals surface area contributed by atoms with Crippen LogP contribution < -0.4 is 30.7 Å². The Balaban J connectivity index is 1.36. The van der Waals surface area contributed by atoms with Gasteiger partial charge in [0.25, 0.3) is 5.91 Å². The largest absolute Gasteiger partial charge is 0.454 e. The van der Waals surface area contributed by atoms with Gasteiger partial charge in [-0.15, -0.1) is 11.3 Å². The van der Waals surface area contributed by atoms with Gasteiger partial charge in [0, 0.05) is 34.2 Å². The van der Waals surface area contributed by atoms with Crippen LogP contribution in [0, 0.1) is 0 Å². The van der Waals surface area contributed by atoms with Crippen LogP contribution in [0.4, 0.5) is 16.2 Å². The number of carbonyl (C=O) groups is 2. The fraction of sp³-hybridized carbons (Fsp3) is 0.250. The second-order valence-electron chi connectivity index (χ2n) is 8.02. The highest BCUT2D eigenvalue weighted by atomic mass is 35.5. The number of benzene rings is 2. The molecule has 3 heterocycles. The van der Waals surface area contributed by atoms with Gasteiger partial charge in [0.2, 0.25) is 6.79 Å². The summed E-state index contributed by atoms with van der Waals surface area (Å²) in [6.45, 7) is 1.84. The fourth-order valence-corrected chi connectivity index (χ4v) is 5.04. The van der Waals surface area contributed by atoms with E-state index in [1.54, 1.807) is 36.4 Å². The van der Waals surface area contributed by atoms with Crippen LogP contribution in [0.3, 0.4) is 0 Å². The molecule has 4 N–H and O–H groups in total. The number of fused-ring (bicyclic) bond motifs is 1. The summed E-state index contributed by atoms with van der Waals surface area (Å²) < 4.78 is 10.7. The van der Waals surface area contributed by atoms with Crippen LogP contribution in [-0.2, 0) is 0 Å². The maximum atomic E-state index is 13.1. The Kier molecular flexibility index (Phi) is 6.57. The number of amides is 3. The number of nitrogens with one attached hydrogen (secondary N) is 4. The maximum absolute atomic E-state index is 13.1. The molecule has 34 heavy (non-hydrogen) atoms. The topological polar surface area (TPSA) is 101 Å². The Morgan fingerprint density at radius 2 is 1.85 bits per heavy atom. The van der Waals surface area contributed by atoms with Gasteiger partial charge >= 0.3 is 6.03 Å². The molecule has 1 fully saturated rings. The molecule has 0 radical (unpaired) electrons. The normalized spacial score (nSPS) is 16.7. The SMILES string of the molecule is O=C(Nc1ccc2c(c1)OCO2)Nc1cc(-c2ccc(Cl)cc2)sc1C(=O)N[C@H]1CCCNC1. The number of piperidine rings is 1. The number of ether oxygens (including phenoxy) is 2. The van der Waals surface area contributed by atoms with Crippen molar-refractivity contribution in [1.29, 1.82) is 0 Å². The van der Waals surface area contributed by atoms with Crippen LogP contribution in [-0.4, -0.2) is 37.9 Å². The van der Waals surface area contributed by atoms with Crippen LogP contribution >= 0.6 is 22.9 Å². The van der Waals surface area contributed by atoms with Crippen molar-refractivity contribution in [3.63, 3.8) is 0 Å². The summed E-state index contributed by atoms with van der Waals surface area (Å²) in [6, 6.07) is 13.9. The molecule has 176 valence electrons. The lowest BCUT2D eigenvalue weighted by molar-refractivity contribution is 0.0935. The second-order valence-corrected chi connectivity index (χ2v) is 9.51. The minimum atomic E-state index is -0.465. The lowest BCUT2D eigenvalue weighted by atomic mass is 10.1. The molecule has 2 aliphatic rings. The van der Waals surface area contributed by atoms with Crippen LogP contribution in [0.15, 0.2) is 48.5 Å². The molecule has 0 bridgehead atoms. The third kappa shape index (κ3) is 5.11. The average molecular weight is 499 g/mol. The fourth-order valence-electron chi connectivity index (χ4n) is 3.89. The van der Waals surface area contributed by atoms with Crippen molar-refractivity contribution in [3.8, 4) is 21.9 Å². The van der Waals surface area contributed by atoms with Gasteiger partial charge in [-0.05, 0) is 55.3 Å². The van der Waals surface area contributed by atoms with Crippen molar-refractivity contribution in [2.45, 2.75) is 18.9 Å². The first-order valence-corrected chi connectivity index (χ1v) is 12.1. The van der Waals surface area contributed by atoms with E-state index in [2.05, 4.69) is 21.3 Å². The first-order chi connectivity index (χ1) is 16.5. The smallest absolute Gasteiger partial charge is 0.323 e. The van der Waals surface area contributed by atoms with Gasteiger partial charge in [-0.1, -0.05) is 23.7 Å². The number of halogens is 1. The molecule has 3 amide bonds. The summed E-state index contributed by atoms with van der Waals surface area (Å²) >= 11 is 7.35. The van der Waals surface area contributed by atoms with E-state index in [0.717, 1.165) is 36.4 Å². The van der Waals surface area contributed by atoms with Gasteiger partial charge in [-0.3, -0.25) is 4.79 Å². The van der Waals surface area contributed by atoms with Gasteiger partial charge < -0.3 is 30.7 Å². The van der Waals surface area contributed by atoms with Crippen molar-refractivity contribution < 1.29 is 19.1 Å². The predicted octanol–water partition coefficient (Wildman–Crippen LogP) is 4.92. The molecule has 5 rings (SSSR count). The van der Waals surface area contributed by atoms with Crippen molar-refractivity contribution in [2.75, 3.05) is 30.5 Å². The number of carbonyl (C=O) groups excluding carboxylic acids is 2. The first-order valence-electron chi connectivity index (χ1n) is 10.9. The van der Waals surface area contributed by atoms with Crippen LogP contribution in [0.5, 0.6) is 11.5 Å². The zero-order chi connectivity index (χ0) is 23.5. The van der Waals surface area contributed by atoms with Gasteiger partial charge in [0.1, 0.15) is 4.88 Å². The van der Waals surface area contributed by atoms with Gasteiger partial charge in [-0.25, -0.2) is 4.79 Å². The van der Waals surface area contributed by atoms with Gasteiger partial charge in [0.15, 0.2) is 11.5 Å². The monoisotopic (exact) mass is 498 g/mol. The number of thiophene rings is 1. The van der Waals surface area contributed by atoms with E-state index in [1.165, 1.54) is 11.3 Å². The van der Waals surface area contributed by atoms with Crippen molar-refractivity contribution in [3.05, 3.63) is 58.4 Å². The lowest BCUT2D eigenvalue weighted by Gasteiger charge is -2.23. The summed E-state index contributed by atoms with van der Waals surface area (Å²) in [5.74, 6) is 0.990. The van der Waals surface area contributed by atoms with Crippen LogP contribution in [0.1, 0.15) is 22.5 Å². The molecule has 1 aromatic heterocycles. The average Bonchev–Trinajstić information content (AvgIpc) is 3.47. The highest BCUT2D eigenvalue weighted by Gasteiger charge is 2.23. The van der Waals surface area contributed by atoms with Crippen LogP contribution in [0.25, 0.3) is 10.4 Å². The molecule has 2 aromatic carbocycles. The van der Waals surface area contributed by atoms with E-state index >= 15 is 0 Å². The van der Waals surface area contributed by atoms with E-state index in [-0.39, 0.29) is 18.7 Å². The number of anilines is 2. The maximum Gasteiger partial charge on any atom is 0.323 e. The van der Waals surface area contributed by atoms with Crippen molar-refractivity contribution in [1.82, 2.24) is 10.6 Å². The minimum Gasteiger partial charge on any atom is -0.454 e. The molecule has 8 nitrogen and oxygen atoms in total. The molecule has 1 saturated heterocycles.